The van der Waals surface area contributed by atoms with Crippen LogP contribution in [0.5, 0.6) is 0 Å². The number of thiophene rings is 1. The number of rotatable bonds is 10. The molecule has 308 valence electrons. The highest BCUT2D eigenvalue weighted by Gasteiger charge is 2.23. The molecule has 12 aromatic rings. The van der Waals surface area contributed by atoms with Crippen molar-refractivity contribution in [2.24, 2.45) is 0 Å². The summed E-state index contributed by atoms with van der Waals surface area (Å²) in [5.41, 5.74) is 13.5. The molecular formula is C60H41N3OS. The van der Waals surface area contributed by atoms with Crippen LogP contribution in [0.3, 0.4) is 0 Å². The van der Waals surface area contributed by atoms with Gasteiger partial charge in [0, 0.05) is 65.1 Å². The van der Waals surface area contributed by atoms with Crippen molar-refractivity contribution in [3.05, 3.63) is 249 Å². The maximum absolute atomic E-state index is 6.34. The first-order valence-corrected chi connectivity index (χ1v) is 22.7. The van der Waals surface area contributed by atoms with E-state index in [0.29, 0.717) is 0 Å². The molecule has 2 aromatic heterocycles. The van der Waals surface area contributed by atoms with Crippen LogP contribution in [0.15, 0.2) is 253 Å². The van der Waals surface area contributed by atoms with E-state index in [9.17, 15) is 0 Å². The molecule has 0 aliphatic rings. The lowest BCUT2D eigenvalue weighted by atomic mass is 10.0. The van der Waals surface area contributed by atoms with Gasteiger partial charge in [-0.1, -0.05) is 140 Å². The van der Waals surface area contributed by atoms with Crippen LogP contribution >= 0.6 is 11.3 Å². The predicted octanol–water partition coefficient (Wildman–Crippen LogP) is 18.0. The van der Waals surface area contributed by atoms with Crippen LogP contribution in [0.4, 0.5) is 51.2 Å². The fourth-order valence-electron chi connectivity index (χ4n) is 9.23. The smallest absolute Gasteiger partial charge is 0.135 e. The monoisotopic (exact) mass is 851 g/mol. The molecule has 0 N–H and O–H groups in total. The van der Waals surface area contributed by atoms with Crippen LogP contribution < -0.4 is 14.7 Å². The van der Waals surface area contributed by atoms with Crippen LogP contribution in [-0.2, 0) is 0 Å². The molecule has 0 unspecified atom stereocenters. The van der Waals surface area contributed by atoms with E-state index in [-0.39, 0.29) is 0 Å². The highest BCUT2D eigenvalue weighted by molar-refractivity contribution is 7.26. The number of nitrogens with zero attached hydrogens (tertiary/aromatic N) is 3. The highest BCUT2D eigenvalue weighted by atomic mass is 32.1. The summed E-state index contributed by atoms with van der Waals surface area (Å²) in [4.78, 5) is 7.09. The van der Waals surface area contributed by atoms with Gasteiger partial charge in [0.15, 0.2) is 0 Å². The van der Waals surface area contributed by atoms with Crippen molar-refractivity contribution in [1.29, 1.82) is 0 Å². The third-order valence-electron chi connectivity index (χ3n) is 12.2. The standard InChI is InChI=1S/C60H41N3OS/c1-5-18-43(19-6-1)61(44-20-7-2-8-21-44)49-38-50(40-51(39-49)63(46-24-11-4-12-25-46)48-36-37-58-56(41-48)53-26-13-15-30-57(53)64-58)62(45-22-9-3-10-23-45)47-34-32-42(33-35-47)52-28-17-29-55-54-27-14-16-31-59(54)65-60(52)55/h1-41H. The van der Waals surface area contributed by atoms with E-state index in [4.69, 9.17) is 4.42 Å². The Kier molecular flexibility index (Phi) is 9.66. The molecule has 2 heterocycles. The fourth-order valence-corrected chi connectivity index (χ4v) is 10.5. The zero-order valence-electron chi connectivity index (χ0n) is 35.3. The number of hydrogen-bond acceptors (Lipinski definition) is 5. The number of hydrogen-bond donors (Lipinski definition) is 0. The van der Waals surface area contributed by atoms with Crippen LogP contribution in [0.25, 0.3) is 53.2 Å². The van der Waals surface area contributed by atoms with Crippen LogP contribution in [0.2, 0.25) is 0 Å². The summed E-state index contributed by atoms with van der Waals surface area (Å²) in [6.45, 7) is 0. The van der Waals surface area contributed by atoms with E-state index in [1.165, 1.54) is 31.3 Å². The van der Waals surface area contributed by atoms with Gasteiger partial charge in [0.2, 0.25) is 0 Å². The minimum absolute atomic E-state index is 0.860. The van der Waals surface area contributed by atoms with E-state index in [2.05, 4.69) is 251 Å². The summed E-state index contributed by atoms with van der Waals surface area (Å²) in [5.74, 6) is 0. The van der Waals surface area contributed by atoms with E-state index >= 15 is 0 Å². The SMILES string of the molecule is c1ccc(N(c2ccccc2)c2cc(N(c3ccccc3)c3ccc(-c4cccc5c4sc4ccccc45)cc3)cc(N(c3ccccc3)c3ccc4oc5ccccc5c4c3)c2)cc1. The van der Waals surface area contributed by atoms with Gasteiger partial charge in [-0.05, 0) is 120 Å². The van der Waals surface area contributed by atoms with Crippen molar-refractivity contribution in [1.82, 2.24) is 0 Å². The molecule has 0 radical (unpaired) electrons. The third-order valence-corrected chi connectivity index (χ3v) is 13.4. The van der Waals surface area contributed by atoms with E-state index in [1.54, 1.807) is 0 Å². The van der Waals surface area contributed by atoms with Gasteiger partial charge in [0.05, 0.1) is 17.1 Å². The zero-order chi connectivity index (χ0) is 43.1. The van der Waals surface area contributed by atoms with Crippen molar-refractivity contribution in [2.75, 3.05) is 14.7 Å². The summed E-state index contributed by atoms with van der Waals surface area (Å²) < 4.78 is 8.95. The van der Waals surface area contributed by atoms with Gasteiger partial charge < -0.3 is 19.1 Å². The van der Waals surface area contributed by atoms with Crippen molar-refractivity contribution in [2.45, 2.75) is 0 Å². The van der Waals surface area contributed by atoms with Gasteiger partial charge in [-0.15, -0.1) is 11.3 Å². The fraction of sp³-hybridized carbons (Fsp3) is 0. The van der Waals surface area contributed by atoms with Gasteiger partial charge >= 0.3 is 0 Å². The minimum atomic E-state index is 0.860. The maximum atomic E-state index is 6.34. The first-order chi connectivity index (χ1) is 32.2. The van der Waals surface area contributed by atoms with Crippen molar-refractivity contribution >= 4 is 105 Å². The average Bonchev–Trinajstić information content (AvgIpc) is 3.94. The summed E-state index contributed by atoms with van der Waals surface area (Å²) in [6, 6.07) is 88.9. The molecule has 0 bridgehead atoms. The minimum Gasteiger partial charge on any atom is -0.456 e. The molecule has 12 rings (SSSR count). The second kappa shape index (κ2) is 16.4. The van der Waals surface area contributed by atoms with Crippen LogP contribution in [0, 0.1) is 0 Å². The molecule has 0 spiro atoms. The normalized spacial score (nSPS) is 11.4. The van der Waals surface area contributed by atoms with Crippen molar-refractivity contribution in [3.8, 4) is 11.1 Å². The Morgan fingerprint density at radius 3 is 1.28 bits per heavy atom. The lowest BCUT2D eigenvalue weighted by molar-refractivity contribution is 0.669. The second-order valence-corrected chi connectivity index (χ2v) is 17.2. The molecule has 10 aromatic carbocycles. The van der Waals surface area contributed by atoms with Gasteiger partial charge in [0.1, 0.15) is 11.2 Å². The van der Waals surface area contributed by atoms with Crippen molar-refractivity contribution in [3.63, 3.8) is 0 Å². The Bertz CT molecular complexity index is 3570. The lowest BCUT2D eigenvalue weighted by Crippen LogP contribution is -2.16. The van der Waals surface area contributed by atoms with Gasteiger partial charge in [-0.3, -0.25) is 0 Å². The molecule has 0 fully saturated rings. The Hall–Kier alpha value is -8.38. The molecule has 0 aliphatic carbocycles. The number of para-hydroxylation sites is 5. The summed E-state index contributed by atoms with van der Waals surface area (Å²) in [6.07, 6.45) is 0. The van der Waals surface area contributed by atoms with Gasteiger partial charge in [-0.25, -0.2) is 0 Å². The summed E-state index contributed by atoms with van der Waals surface area (Å²) in [5, 5.41) is 4.77. The first kappa shape index (κ1) is 38.3. The quantitative estimate of drug-likeness (QED) is 0.137. The predicted molar refractivity (Wildman–Crippen MR) is 276 cm³/mol. The number of benzene rings is 10. The molecule has 65 heavy (non-hydrogen) atoms. The van der Waals surface area contributed by atoms with E-state index in [1.807, 2.05) is 23.5 Å². The number of furan rings is 1. The average molecular weight is 852 g/mol. The Morgan fingerprint density at radius 1 is 0.277 bits per heavy atom. The summed E-state index contributed by atoms with van der Waals surface area (Å²) in [7, 11) is 0. The van der Waals surface area contributed by atoms with E-state index < -0.39 is 0 Å². The molecule has 4 nitrogen and oxygen atoms in total. The molecular weight excluding hydrogens is 811 g/mol. The molecule has 0 atom stereocenters. The molecule has 0 saturated carbocycles. The molecule has 0 aliphatic heterocycles. The summed E-state index contributed by atoms with van der Waals surface area (Å²) >= 11 is 1.86. The Balaban J connectivity index is 1.08. The lowest BCUT2D eigenvalue weighted by Gasteiger charge is -2.33. The number of anilines is 9. The third kappa shape index (κ3) is 7.05. The van der Waals surface area contributed by atoms with Crippen molar-refractivity contribution < 1.29 is 4.42 Å². The first-order valence-electron chi connectivity index (χ1n) is 21.9. The maximum Gasteiger partial charge on any atom is 0.135 e. The van der Waals surface area contributed by atoms with Crippen LogP contribution in [0.1, 0.15) is 0 Å². The highest BCUT2D eigenvalue weighted by Crippen LogP contribution is 2.47. The molecule has 0 amide bonds. The number of fused-ring (bicyclic) bond motifs is 6. The second-order valence-electron chi connectivity index (χ2n) is 16.2. The zero-order valence-corrected chi connectivity index (χ0v) is 36.1. The van der Waals surface area contributed by atoms with E-state index in [0.717, 1.165) is 73.1 Å². The Morgan fingerprint density at radius 2 is 0.708 bits per heavy atom. The molecule has 5 heteroatoms. The van der Waals surface area contributed by atoms with Gasteiger partial charge in [-0.2, -0.15) is 0 Å². The largest absolute Gasteiger partial charge is 0.456 e. The molecule has 0 saturated heterocycles. The van der Waals surface area contributed by atoms with Gasteiger partial charge in [0.25, 0.3) is 0 Å². The van der Waals surface area contributed by atoms with Crippen LogP contribution in [-0.4, -0.2) is 0 Å². The topological polar surface area (TPSA) is 22.9 Å². The Labute approximate surface area is 381 Å².